The van der Waals surface area contributed by atoms with Crippen LogP contribution in [0, 0.1) is 5.82 Å². The van der Waals surface area contributed by atoms with Crippen LogP contribution >= 0.6 is 11.8 Å². The molecule has 1 rings (SSSR count). The molecule has 0 saturated heterocycles. The number of sulfonamides is 1. The first-order chi connectivity index (χ1) is 8.93. The molecule has 0 amide bonds. The summed E-state index contributed by atoms with van der Waals surface area (Å²) >= 11 is 1.58. The summed E-state index contributed by atoms with van der Waals surface area (Å²) in [5.41, 5.74) is 0.349. The fourth-order valence-electron chi connectivity index (χ4n) is 1.56. The molecule has 0 aliphatic carbocycles. The molecule has 1 aromatic rings. The van der Waals surface area contributed by atoms with Crippen molar-refractivity contribution in [3.8, 4) is 0 Å². The second kappa shape index (κ2) is 7.23. The summed E-state index contributed by atoms with van der Waals surface area (Å²) in [6.07, 6.45) is 1.92. The molecule has 0 aliphatic heterocycles. The number of hydrogen-bond acceptors (Lipinski definition) is 4. The summed E-state index contributed by atoms with van der Waals surface area (Å²) in [5.74, 6) is 0.320. The van der Waals surface area contributed by atoms with Gasteiger partial charge in [-0.15, -0.1) is 0 Å². The third-order valence-electron chi connectivity index (χ3n) is 2.70. The predicted octanol–water partition coefficient (Wildman–Crippen LogP) is 1.53. The van der Waals surface area contributed by atoms with Crippen LogP contribution in [0.25, 0.3) is 0 Å². The fraction of sp³-hybridized carbons (Fsp3) is 0.500. The summed E-state index contributed by atoms with van der Waals surface area (Å²) in [5, 5.41) is 2.82. The maximum atomic E-state index is 13.5. The number of rotatable bonds is 7. The van der Waals surface area contributed by atoms with Crippen molar-refractivity contribution in [2.24, 2.45) is 0 Å². The zero-order valence-electron chi connectivity index (χ0n) is 11.3. The molecule has 1 N–H and O–H groups in total. The Balaban J connectivity index is 3.04. The lowest BCUT2D eigenvalue weighted by Crippen LogP contribution is -2.29. The van der Waals surface area contributed by atoms with Crippen LogP contribution in [-0.4, -0.2) is 45.4 Å². The van der Waals surface area contributed by atoms with Crippen LogP contribution in [0.4, 0.5) is 4.39 Å². The van der Waals surface area contributed by atoms with Crippen LogP contribution in [0.1, 0.15) is 5.56 Å². The Labute approximate surface area is 118 Å². The van der Waals surface area contributed by atoms with Crippen LogP contribution < -0.4 is 5.32 Å². The summed E-state index contributed by atoms with van der Waals surface area (Å²) in [6.45, 7) is 0.728. The van der Waals surface area contributed by atoms with Crippen LogP contribution in [0.3, 0.4) is 0 Å². The standard InChI is InChI=1S/C12H19FN2O2S2/c1-14-9-10-8-11(4-5-12(10)13)19(16,17)15(2)6-7-18-3/h4-5,8,14H,6-7,9H2,1-3H3. The van der Waals surface area contributed by atoms with Gasteiger partial charge in [-0.3, -0.25) is 0 Å². The van der Waals surface area contributed by atoms with Crippen molar-refractivity contribution < 1.29 is 12.8 Å². The molecule has 0 aliphatic rings. The lowest BCUT2D eigenvalue weighted by Gasteiger charge is -2.17. The van der Waals surface area contributed by atoms with Gasteiger partial charge in [-0.2, -0.15) is 11.8 Å². The largest absolute Gasteiger partial charge is 0.316 e. The van der Waals surface area contributed by atoms with Crippen molar-refractivity contribution in [3.63, 3.8) is 0 Å². The Hall–Kier alpha value is -0.630. The molecule has 0 aromatic heterocycles. The zero-order valence-corrected chi connectivity index (χ0v) is 12.9. The van der Waals surface area contributed by atoms with Crippen molar-refractivity contribution in [2.75, 3.05) is 32.6 Å². The second-order valence-corrected chi connectivity index (χ2v) is 7.13. The monoisotopic (exact) mass is 306 g/mol. The van der Waals surface area contributed by atoms with Gasteiger partial charge in [0.2, 0.25) is 10.0 Å². The predicted molar refractivity (Wildman–Crippen MR) is 77.4 cm³/mol. The van der Waals surface area contributed by atoms with Gasteiger partial charge in [0.25, 0.3) is 0 Å². The minimum absolute atomic E-state index is 0.128. The smallest absolute Gasteiger partial charge is 0.242 e. The molecule has 0 heterocycles. The SMILES string of the molecule is CNCc1cc(S(=O)(=O)N(C)CCSC)ccc1F. The van der Waals surface area contributed by atoms with Crippen molar-refractivity contribution in [1.82, 2.24) is 9.62 Å². The van der Waals surface area contributed by atoms with Crippen molar-refractivity contribution in [1.29, 1.82) is 0 Å². The molecule has 0 spiro atoms. The van der Waals surface area contributed by atoms with Crippen molar-refractivity contribution >= 4 is 21.8 Å². The Morgan fingerprint density at radius 2 is 2.11 bits per heavy atom. The van der Waals surface area contributed by atoms with E-state index in [1.807, 2.05) is 6.26 Å². The van der Waals surface area contributed by atoms with E-state index in [1.54, 1.807) is 18.8 Å². The third kappa shape index (κ3) is 4.17. The molecule has 19 heavy (non-hydrogen) atoms. The lowest BCUT2D eigenvalue weighted by molar-refractivity contribution is 0.488. The van der Waals surface area contributed by atoms with Crippen LogP contribution in [-0.2, 0) is 16.6 Å². The molecular weight excluding hydrogens is 287 g/mol. The lowest BCUT2D eigenvalue weighted by atomic mass is 10.2. The molecule has 0 saturated carbocycles. The van der Waals surface area contributed by atoms with E-state index in [2.05, 4.69) is 5.32 Å². The summed E-state index contributed by atoms with van der Waals surface area (Å²) in [7, 11) is -0.323. The number of hydrogen-bond donors (Lipinski definition) is 1. The summed E-state index contributed by atoms with van der Waals surface area (Å²) in [6, 6.07) is 3.89. The molecule has 0 fully saturated rings. The minimum atomic E-state index is -3.54. The maximum absolute atomic E-state index is 13.5. The quantitative estimate of drug-likeness (QED) is 0.830. The molecule has 4 nitrogen and oxygen atoms in total. The van der Waals surface area contributed by atoms with Gasteiger partial charge in [0.05, 0.1) is 4.90 Å². The number of benzene rings is 1. The van der Waals surface area contributed by atoms with E-state index in [4.69, 9.17) is 0 Å². The first kappa shape index (κ1) is 16.4. The van der Waals surface area contributed by atoms with Crippen LogP contribution in [0.15, 0.2) is 23.1 Å². The van der Waals surface area contributed by atoms with Gasteiger partial charge in [-0.1, -0.05) is 0 Å². The van der Waals surface area contributed by atoms with E-state index < -0.39 is 15.8 Å². The minimum Gasteiger partial charge on any atom is -0.316 e. The van der Waals surface area contributed by atoms with Crippen LogP contribution in [0.2, 0.25) is 0 Å². The van der Waals surface area contributed by atoms with Gasteiger partial charge in [0.1, 0.15) is 5.82 Å². The summed E-state index contributed by atoms with van der Waals surface area (Å²) in [4.78, 5) is 0.128. The van der Waals surface area contributed by atoms with E-state index in [0.29, 0.717) is 18.7 Å². The third-order valence-corrected chi connectivity index (χ3v) is 5.15. The van der Waals surface area contributed by atoms with Gasteiger partial charge in [-0.25, -0.2) is 17.1 Å². The highest BCUT2D eigenvalue weighted by molar-refractivity contribution is 7.98. The Bertz CT molecular complexity index is 520. The molecule has 0 atom stereocenters. The molecule has 0 radical (unpaired) electrons. The van der Waals surface area contributed by atoms with E-state index in [1.165, 1.54) is 29.6 Å². The first-order valence-corrected chi connectivity index (χ1v) is 8.65. The molecular formula is C12H19FN2O2S2. The maximum Gasteiger partial charge on any atom is 0.242 e. The van der Waals surface area contributed by atoms with E-state index in [9.17, 15) is 12.8 Å². The Morgan fingerprint density at radius 3 is 2.68 bits per heavy atom. The fourth-order valence-corrected chi connectivity index (χ4v) is 3.35. The highest BCUT2D eigenvalue weighted by Crippen LogP contribution is 2.18. The van der Waals surface area contributed by atoms with Crippen molar-refractivity contribution in [3.05, 3.63) is 29.6 Å². The van der Waals surface area contributed by atoms with Gasteiger partial charge in [0, 0.05) is 31.5 Å². The highest BCUT2D eigenvalue weighted by Gasteiger charge is 2.21. The average molecular weight is 306 g/mol. The summed E-state index contributed by atoms with van der Waals surface area (Å²) < 4.78 is 39.3. The number of halogens is 1. The number of thioether (sulfide) groups is 1. The average Bonchev–Trinajstić information content (AvgIpc) is 2.38. The zero-order chi connectivity index (χ0) is 14.5. The molecule has 0 unspecified atom stereocenters. The van der Waals surface area contributed by atoms with Gasteiger partial charge in [0.15, 0.2) is 0 Å². The molecule has 1 aromatic carbocycles. The van der Waals surface area contributed by atoms with Crippen LogP contribution in [0.5, 0.6) is 0 Å². The highest BCUT2D eigenvalue weighted by atomic mass is 32.2. The topological polar surface area (TPSA) is 49.4 Å². The van der Waals surface area contributed by atoms with E-state index >= 15 is 0 Å². The Morgan fingerprint density at radius 1 is 1.42 bits per heavy atom. The molecule has 108 valence electrons. The van der Waals surface area contributed by atoms with Gasteiger partial charge in [-0.05, 0) is 31.5 Å². The molecule has 7 heteroatoms. The second-order valence-electron chi connectivity index (χ2n) is 4.10. The van der Waals surface area contributed by atoms with E-state index in [0.717, 1.165) is 5.75 Å². The van der Waals surface area contributed by atoms with E-state index in [-0.39, 0.29) is 4.90 Å². The normalized spacial score (nSPS) is 12.1. The van der Waals surface area contributed by atoms with Gasteiger partial charge < -0.3 is 5.32 Å². The van der Waals surface area contributed by atoms with Gasteiger partial charge >= 0.3 is 0 Å². The number of nitrogens with zero attached hydrogens (tertiary/aromatic N) is 1. The van der Waals surface area contributed by atoms with Crippen molar-refractivity contribution in [2.45, 2.75) is 11.4 Å². The Kier molecular flexibility index (Phi) is 6.25. The molecule has 0 bridgehead atoms. The first-order valence-electron chi connectivity index (χ1n) is 5.81. The number of nitrogens with one attached hydrogen (secondary N) is 1.